The summed E-state index contributed by atoms with van der Waals surface area (Å²) in [6, 6.07) is 8.46. The van der Waals surface area contributed by atoms with Crippen LogP contribution < -0.4 is 5.32 Å². The molecule has 1 amide bonds. The van der Waals surface area contributed by atoms with Crippen LogP contribution in [0.2, 0.25) is 0 Å². The summed E-state index contributed by atoms with van der Waals surface area (Å²) in [4.78, 5) is 35.2. The molecule has 0 aliphatic heterocycles. The quantitative estimate of drug-likeness (QED) is 0.651. The Labute approximate surface area is 133 Å². The van der Waals surface area contributed by atoms with Gasteiger partial charge in [0.05, 0.1) is 6.26 Å². The van der Waals surface area contributed by atoms with Crippen molar-refractivity contribution in [1.82, 2.24) is 5.32 Å². The van der Waals surface area contributed by atoms with Crippen LogP contribution >= 0.6 is 0 Å². The zero-order valence-corrected chi connectivity index (χ0v) is 12.9. The van der Waals surface area contributed by atoms with Crippen molar-refractivity contribution in [3.63, 3.8) is 0 Å². The second kappa shape index (κ2) is 7.40. The normalized spacial score (nSPS) is 10.2. The molecule has 0 atom stereocenters. The van der Waals surface area contributed by atoms with Crippen LogP contribution in [0.15, 0.2) is 41.0 Å². The molecule has 23 heavy (non-hydrogen) atoms. The number of Topliss-reactive ketones (excluding diaryl/α,β-unsaturated/α-hetero) is 1. The highest BCUT2D eigenvalue weighted by Crippen LogP contribution is 2.11. The summed E-state index contributed by atoms with van der Waals surface area (Å²) in [6.45, 7) is 3.06. The first-order valence-corrected chi connectivity index (χ1v) is 7.05. The van der Waals surface area contributed by atoms with Crippen LogP contribution in [-0.4, -0.2) is 30.8 Å². The molecular formula is C17H17NO5. The van der Waals surface area contributed by atoms with Crippen LogP contribution in [-0.2, 0) is 9.53 Å². The van der Waals surface area contributed by atoms with E-state index in [1.807, 2.05) is 26.0 Å². The third-order valence-corrected chi connectivity index (χ3v) is 3.18. The molecule has 1 heterocycles. The van der Waals surface area contributed by atoms with Crippen molar-refractivity contribution in [2.45, 2.75) is 13.8 Å². The first kappa shape index (κ1) is 16.5. The monoisotopic (exact) mass is 315 g/mol. The highest BCUT2D eigenvalue weighted by atomic mass is 16.5. The molecule has 0 saturated heterocycles. The molecule has 6 heteroatoms. The Morgan fingerprint density at radius 1 is 1.17 bits per heavy atom. The summed E-state index contributed by atoms with van der Waals surface area (Å²) < 4.78 is 9.77. The van der Waals surface area contributed by atoms with Crippen molar-refractivity contribution >= 4 is 17.7 Å². The maximum Gasteiger partial charge on any atom is 0.325 e. The fourth-order valence-electron chi connectivity index (χ4n) is 2.05. The van der Waals surface area contributed by atoms with E-state index in [9.17, 15) is 14.4 Å². The number of carbonyl (C=O) groups excluding carboxylic acids is 3. The van der Waals surface area contributed by atoms with Gasteiger partial charge in [0.2, 0.25) is 5.78 Å². The molecule has 0 saturated carbocycles. The minimum absolute atomic E-state index is 0.101. The van der Waals surface area contributed by atoms with Crippen LogP contribution in [0.1, 0.15) is 32.0 Å². The largest absolute Gasteiger partial charge is 0.459 e. The lowest BCUT2D eigenvalue weighted by Crippen LogP contribution is -2.31. The van der Waals surface area contributed by atoms with Gasteiger partial charge in [-0.2, -0.15) is 0 Å². The molecule has 2 rings (SSSR count). The maximum atomic E-state index is 12.0. The average Bonchev–Trinajstić information content (AvgIpc) is 3.04. The van der Waals surface area contributed by atoms with Crippen LogP contribution in [0.25, 0.3) is 0 Å². The molecular weight excluding hydrogens is 298 g/mol. The molecule has 6 nitrogen and oxygen atoms in total. The molecule has 2 aromatic rings. The predicted octanol–water partition coefficient (Wildman–Crippen LogP) is 2.05. The van der Waals surface area contributed by atoms with Gasteiger partial charge in [-0.05, 0) is 31.5 Å². The van der Waals surface area contributed by atoms with Crippen molar-refractivity contribution in [3.8, 4) is 0 Å². The van der Waals surface area contributed by atoms with Gasteiger partial charge in [-0.3, -0.25) is 14.4 Å². The van der Waals surface area contributed by atoms with Crippen LogP contribution in [0.5, 0.6) is 0 Å². The van der Waals surface area contributed by atoms with Gasteiger partial charge in [0.25, 0.3) is 5.91 Å². The number of carbonyl (C=O) groups is 3. The fourth-order valence-corrected chi connectivity index (χ4v) is 2.05. The van der Waals surface area contributed by atoms with Crippen LogP contribution in [0.4, 0.5) is 0 Å². The van der Waals surface area contributed by atoms with E-state index in [2.05, 4.69) is 5.32 Å². The minimum atomic E-state index is -0.692. The number of ketones is 1. The lowest BCUT2D eigenvalue weighted by atomic mass is 10.0. The second-order valence-electron chi connectivity index (χ2n) is 5.06. The smallest absolute Gasteiger partial charge is 0.325 e. The third kappa shape index (κ3) is 4.54. The Kier molecular flexibility index (Phi) is 5.30. The van der Waals surface area contributed by atoms with Crippen LogP contribution in [0.3, 0.4) is 0 Å². The van der Waals surface area contributed by atoms with E-state index in [-0.39, 0.29) is 24.7 Å². The molecule has 1 N–H and O–H groups in total. The number of hydrogen-bond acceptors (Lipinski definition) is 5. The summed E-state index contributed by atoms with van der Waals surface area (Å²) in [5, 5.41) is 2.35. The van der Waals surface area contributed by atoms with Gasteiger partial charge >= 0.3 is 5.97 Å². The molecule has 0 unspecified atom stereocenters. The van der Waals surface area contributed by atoms with Crippen molar-refractivity contribution in [3.05, 3.63) is 59.0 Å². The van der Waals surface area contributed by atoms with E-state index in [4.69, 9.17) is 9.15 Å². The zero-order chi connectivity index (χ0) is 16.8. The van der Waals surface area contributed by atoms with Gasteiger partial charge in [-0.15, -0.1) is 0 Å². The number of aryl methyl sites for hydroxylation is 2. The van der Waals surface area contributed by atoms with Gasteiger partial charge in [-0.1, -0.05) is 23.8 Å². The Hall–Kier alpha value is -2.89. The number of rotatable bonds is 6. The number of ether oxygens (including phenoxy) is 1. The van der Waals surface area contributed by atoms with E-state index in [1.165, 1.54) is 12.3 Å². The summed E-state index contributed by atoms with van der Waals surface area (Å²) in [6.07, 6.45) is 1.36. The van der Waals surface area contributed by atoms with Crippen LogP contribution in [0, 0.1) is 13.8 Å². The van der Waals surface area contributed by atoms with E-state index >= 15 is 0 Å². The lowest BCUT2D eigenvalue weighted by Gasteiger charge is -2.07. The van der Waals surface area contributed by atoms with Crippen molar-refractivity contribution in [2.24, 2.45) is 0 Å². The summed E-state index contributed by atoms with van der Waals surface area (Å²) >= 11 is 0. The predicted molar refractivity (Wildman–Crippen MR) is 82.2 cm³/mol. The molecule has 0 bridgehead atoms. The summed E-state index contributed by atoms with van der Waals surface area (Å²) in [5.41, 5.74) is 2.40. The standard InChI is InChI=1S/C17H17NO5/c1-11-5-6-13(12(2)8-11)14(19)10-23-16(20)9-18-17(21)15-4-3-7-22-15/h3-8H,9-10H2,1-2H3,(H,18,21). The molecule has 1 aromatic carbocycles. The lowest BCUT2D eigenvalue weighted by molar-refractivity contribution is -0.141. The summed E-state index contributed by atoms with van der Waals surface area (Å²) in [7, 11) is 0. The van der Waals surface area contributed by atoms with Crippen molar-refractivity contribution in [2.75, 3.05) is 13.2 Å². The number of amides is 1. The van der Waals surface area contributed by atoms with Gasteiger partial charge in [0.1, 0.15) is 6.54 Å². The topological polar surface area (TPSA) is 85.6 Å². The third-order valence-electron chi connectivity index (χ3n) is 3.18. The van der Waals surface area contributed by atoms with Gasteiger partial charge in [0.15, 0.2) is 12.4 Å². The molecule has 120 valence electrons. The second-order valence-corrected chi connectivity index (χ2v) is 5.06. The number of nitrogens with one attached hydrogen (secondary N) is 1. The zero-order valence-electron chi connectivity index (χ0n) is 12.9. The Balaban J connectivity index is 1.80. The van der Waals surface area contributed by atoms with E-state index in [0.29, 0.717) is 5.56 Å². The van der Waals surface area contributed by atoms with Gasteiger partial charge in [-0.25, -0.2) is 0 Å². The summed E-state index contributed by atoms with van der Waals surface area (Å²) in [5.74, 6) is -1.40. The number of hydrogen-bond donors (Lipinski definition) is 1. The van der Waals surface area contributed by atoms with E-state index in [1.54, 1.807) is 12.1 Å². The fraction of sp³-hybridized carbons (Fsp3) is 0.235. The highest BCUT2D eigenvalue weighted by molar-refractivity contribution is 5.99. The maximum absolute atomic E-state index is 12.0. The number of esters is 1. The van der Waals surface area contributed by atoms with E-state index in [0.717, 1.165) is 11.1 Å². The van der Waals surface area contributed by atoms with Gasteiger partial charge < -0.3 is 14.5 Å². The first-order valence-electron chi connectivity index (χ1n) is 7.05. The molecule has 0 radical (unpaired) electrons. The number of benzene rings is 1. The average molecular weight is 315 g/mol. The molecule has 0 aliphatic carbocycles. The van der Waals surface area contributed by atoms with Crippen molar-refractivity contribution < 1.29 is 23.5 Å². The first-order chi connectivity index (χ1) is 11.0. The number of furan rings is 1. The van der Waals surface area contributed by atoms with Gasteiger partial charge in [0, 0.05) is 5.56 Å². The Bertz CT molecular complexity index is 719. The minimum Gasteiger partial charge on any atom is -0.459 e. The molecule has 0 spiro atoms. The Morgan fingerprint density at radius 3 is 2.61 bits per heavy atom. The highest BCUT2D eigenvalue weighted by Gasteiger charge is 2.14. The molecule has 0 fully saturated rings. The SMILES string of the molecule is Cc1ccc(C(=O)COC(=O)CNC(=O)c2ccco2)c(C)c1. The van der Waals surface area contributed by atoms with Crippen molar-refractivity contribution in [1.29, 1.82) is 0 Å². The Morgan fingerprint density at radius 2 is 1.96 bits per heavy atom. The van der Waals surface area contributed by atoms with E-state index < -0.39 is 11.9 Å². The molecule has 1 aromatic heterocycles. The molecule has 0 aliphatic rings.